The Morgan fingerprint density at radius 1 is 1.00 bits per heavy atom. The van der Waals surface area contributed by atoms with Crippen molar-refractivity contribution in [3.8, 4) is 0 Å². The molecule has 7 nitrogen and oxygen atoms in total. The molecule has 0 spiro atoms. The van der Waals surface area contributed by atoms with Gasteiger partial charge in [-0.25, -0.2) is 0 Å². The second kappa shape index (κ2) is 6.85. The number of rotatable bonds is 8. The molecule has 0 heterocycles. The van der Waals surface area contributed by atoms with E-state index in [4.69, 9.17) is 15.3 Å². The Labute approximate surface area is 98.7 Å². The maximum Gasteiger partial charge on any atom is 0.320 e. The van der Waals surface area contributed by atoms with E-state index in [-0.39, 0.29) is 12.3 Å². The van der Waals surface area contributed by atoms with Crippen LogP contribution in [0.4, 0.5) is 0 Å². The first kappa shape index (κ1) is 15.4. The van der Waals surface area contributed by atoms with Crippen LogP contribution in [0.5, 0.6) is 0 Å². The van der Waals surface area contributed by atoms with Crippen molar-refractivity contribution in [1.29, 1.82) is 0 Å². The quantitative estimate of drug-likeness (QED) is 0.551. The highest BCUT2D eigenvalue weighted by molar-refractivity contribution is 5.78. The van der Waals surface area contributed by atoms with Gasteiger partial charge < -0.3 is 15.3 Å². The molecule has 0 amide bonds. The number of carboxylic acid groups (broad SMARTS) is 3. The molecule has 1 atom stereocenters. The van der Waals surface area contributed by atoms with Gasteiger partial charge in [0.25, 0.3) is 0 Å². The average Bonchev–Trinajstić information content (AvgIpc) is 2.10. The van der Waals surface area contributed by atoms with Crippen molar-refractivity contribution in [3.63, 3.8) is 0 Å². The van der Waals surface area contributed by atoms with Gasteiger partial charge in [-0.15, -0.1) is 0 Å². The lowest BCUT2D eigenvalue weighted by atomic mass is 10.0. The van der Waals surface area contributed by atoms with Crippen LogP contribution in [0.1, 0.15) is 20.3 Å². The van der Waals surface area contributed by atoms with Crippen molar-refractivity contribution in [1.82, 2.24) is 4.90 Å². The van der Waals surface area contributed by atoms with E-state index < -0.39 is 37.0 Å². The number of hydrogen-bond acceptors (Lipinski definition) is 4. The Morgan fingerprint density at radius 2 is 1.41 bits per heavy atom. The molecule has 0 radical (unpaired) electrons. The Kier molecular flexibility index (Phi) is 6.19. The van der Waals surface area contributed by atoms with Gasteiger partial charge in [0.2, 0.25) is 0 Å². The standard InChI is InChI=1S/C10H17NO6/c1-6(2)3-7(10(16)17)11(4-8(12)13)5-9(14)15/h6-7H,3-5H2,1-2H3,(H,12,13)(H,14,15)(H,16,17). The van der Waals surface area contributed by atoms with Gasteiger partial charge in [0, 0.05) is 0 Å². The van der Waals surface area contributed by atoms with Crippen LogP contribution in [-0.4, -0.2) is 57.3 Å². The van der Waals surface area contributed by atoms with Crippen molar-refractivity contribution in [3.05, 3.63) is 0 Å². The highest BCUT2D eigenvalue weighted by atomic mass is 16.4. The van der Waals surface area contributed by atoms with Gasteiger partial charge in [-0.3, -0.25) is 19.3 Å². The molecule has 0 aliphatic rings. The molecule has 0 aromatic rings. The van der Waals surface area contributed by atoms with Gasteiger partial charge in [-0.05, 0) is 12.3 Å². The average molecular weight is 247 g/mol. The maximum atomic E-state index is 11.0. The molecule has 98 valence electrons. The van der Waals surface area contributed by atoms with Gasteiger partial charge in [0.1, 0.15) is 6.04 Å². The van der Waals surface area contributed by atoms with Crippen LogP contribution < -0.4 is 0 Å². The van der Waals surface area contributed by atoms with E-state index >= 15 is 0 Å². The summed E-state index contributed by atoms with van der Waals surface area (Å²) in [5.41, 5.74) is 0. The molecule has 0 saturated carbocycles. The molecule has 0 aliphatic carbocycles. The lowest BCUT2D eigenvalue weighted by Gasteiger charge is -2.26. The normalized spacial score (nSPS) is 12.7. The minimum atomic E-state index is -1.25. The first-order valence-corrected chi connectivity index (χ1v) is 5.14. The summed E-state index contributed by atoms with van der Waals surface area (Å²) >= 11 is 0. The third-order valence-electron chi connectivity index (χ3n) is 2.10. The van der Waals surface area contributed by atoms with Gasteiger partial charge in [0.05, 0.1) is 13.1 Å². The Hall–Kier alpha value is -1.63. The molecule has 0 aliphatic heterocycles. The van der Waals surface area contributed by atoms with E-state index in [0.717, 1.165) is 4.90 Å². The fourth-order valence-electron chi connectivity index (χ4n) is 1.48. The summed E-state index contributed by atoms with van der Waals surface area (Å²) in [7, 11) is 0. The fraction of sp³-hybridized carbons (Fsp3) is 0.700. The Morgan fingerprint density at radius 3 is 1.65 bits per heavy atom. The minimum Gasteiger partial charge on any atom is -0.480 e. The third-order valence-corrected chi connectivity index (χ3v) is 2.10. The zero-order valence-corrected chi connectivity index (χ0v) is 9.79. The summed E-state index contributed by atoms with van der Waals surface area (Å²) in [5.74, 6) is -3.68. The van der Waals surface area contributed by atoms with Crippen molar-refractivity contribution in [2.24, 2.45) is 5.92 Å². The lowest BCUT2D eigenvalue weighted by molar-refractivity contribution is -0.149. The number of carboxylic acids is 3. The van der Waals surface area contributed by atoms with E-state index in [1.54, 1.807) is 13.8 Å². The largest absolute Gasteiger partial charge is 0.480 e. The Bertz CT molecular complexity index is 285. The molecular formula is C10H17NO6. The van der Waals surface area contributed by atoms with Crippen LogP contribution in [0.25, 0.3) is 0 Å². The van der Waals surface area contributed by atoms with Crippen LogP contribution in [0.15, 0.2) is 0 Å². The summed E-state index contributed by atoms with van der Waals surface area (Å²) in [6.45, 7) is 2.37. The summed E-state index contributed by atoms with van der Waals surface area (Å²) in [6.07, 6.45) is 0.204. The predicted molar refractivity (Wildman–Crippen MR) is 57.7 cm³/mol. The van der Waals surface area contributed by atoms with Gasteiger partial charge in [-0.2, -0.15) is 0 Å². The van der Waals surface area contributed by atoms with Crippen LogP contribution in [0.3, 0.4) is 0 Å². The number of carbonyl (C=O) groups is 3. The van der Waals surface area contributed by atoms with Crippen molar-refractivity contribution >= 4 is 17.9 Å². The molecule has 0 aromatic carbocycles. The zero-order chi connectivity index (χ0) is 13.6. The molecule has 0 bridgehead atoms. The molecule has 1 unspecified atom stereocenters. The highest BCUT2D eigenvalue weighted by Crippen LogP contribution is 2.12. The topological polar surface area (TPSA) is 115 Å². The molecule has 3 N–H and O–H groups in total. The minimum absolute atomic E-state index is 0.0289. The van der Waals surface area contributed by atoms with Gasteiger partial charge >= 0.3 is 17.9 Å². The van der Waals surface area contributed by atoms with Crippen molar-refractivity contribution in [2.75, 3.05) is 13.1 Å². The Balaban J connectivity index is 4.84. The number of hydrogen-bond donors (Lipinski definition) is 3. The van der Waals surface area contributed by atoms with E-state index in [1.165, 1.54) is 0 Å². The van der Waals surface area contributed by atoms with Gasteiger partial charge in [-0.1, -0.05) is 13.8 Å². The van der Waals surface area contributed by atoms with Crippen LogP contribution in [0, 0.1) is 5.92 Å². The van der Waals surface area contributed by atoms with Crippen LogP contribution >= 0.6 is 0 Å². The lowest BCUT2D eigenvalue weighted by Crippen LogP contribution is -2.47. The molecule has 0 rings (SSSR count). The summed E-state index contributed by atoms with van der Waals surface area (Å²) in [5, 5.41) is 26.3. The molecule has 0 aromatic heterocycles. The van der Waals surface area contributed by atoms with Gasteiger partial charge in [0.15, 0.2) is 0 Å². The van der Waals surface area contributed by atoms with E-state index in [2.05, 4.69) is 0 Å². The van der Waals surface area contributed by atoms with Crippen LogP contribution in [0.2, 0.25) is 0 Å². The first-order valence-electron chi connectivity index (χ1n) is 5.14. The second-order valence-electron chi connectivity index (χ2n) is 4.18. The van der Waals surface area contributed by atoms with Crippen LogP contribution in [-0.2, 0) is 14.4 Å². The monoisotopic (exact) mass is 247 g/mol. The fourth-order valence-corrected chi connectivity index (χ4v) is 1.48. The molecule has 17 heavy (non-hydrogen) atoms. The SMILES string of the molecule is CC(C)CC(C(=O)O)N(CC(=O)O)CC(=O)O. The third kappa shape index (κ3) is 6.52. The van der Waals surface area contributed by atoms with Crippen molar-refractivity contribution < 1.29 is 29.7 Å². The predicted octanol–water partition coefficient (Wildman–Crippen LogP) is -0.0431. The van der Waals surface area contributed by atoms with Crippen molar-refractivity contribution in [2.45, 2.75) is 26.3 Å². The van der Waals surface area contributed by atoms with E-state index in [9.17, 15) is 14.4 Å². The highest BCUT2D eigenvalue weighted by Gasteiger charge is 2.29. The first-order chi connectivity index (χ1) is 7.73. The number of nitrogens with zero attached hydrogens (tertiary/aromatic N) is 1. The second-order valence-corrected chi connectivity index (χ2v) is 4.18. The molecule has 7 heteroatoms. The molecule has 0 saturated heterocycles. The molecule has 0 fully saturated rings. The zero-order valence-electron chi connectivity index (χ0n) is 9.79. The molecular weight excluding hydrogens is 230 g/mol. The maximum absolute atomic E-state index is 11.0. The summed E-state index contributed by atoms with van der Waals surface area (Å²) in [4.78, 5) is 33.1. The van der Waals surface area contributed by atoms with E-state index in [0.29, 0.717) is 0 Å². The number of aliphatic carboxylic acids is 3. The smallest absolute Gasteiger partial charge is 0.320 e. The summed E-state index contributed by atoms with van der Waals surface area (Å²) < 4.78 is 0. The summed E-state index contributed by atoms with van der Waals surface area (Å²) in [6, 6.07) is -1.10. The van der Waals surface area contributed by atoms with E-state index in [1.807, 2.05) is 0 Å².